The highest BCUT2D eigenvalue weighted by atomic mass is 16.5. The molecule has 21 heavy (non-hydrogen) atoms. The van der Waals surface area contributed by atoms with Crippen LogP contribution in [0.2, 0.25) is 0 Å². The molecule has 6 nitrogen and oxygen atoms in total. The van der Waals surface area contributed by atoms with Crippen molar-refractivity contribution in [1.29, 1.82) is 0 Å². The molecule has 0 unspecified atom stereocenters. The molecular weight excluding hydrogens is 270 g/mol. The molecule has 0 aliphatic heterocycles. The predicted octanol–water partition coefficient (Wildman–Crippen LogP) is 1.51. The number of aliphatic hydroxyl groups is 1. The number of hydrogen-bond acceptors (Lipinski definition) is 5. The van der Waals surface area contributed by atoms with Gasteiger partial charge in [0.1, 0.15) is 5.76 Å². The summed E-state index contributed by atoms with van der Waals surface area (Å²) in [5, 5.41) is 16.3. The molecule has 2 rings (SSSR count). The number of aliphatic hydroxyl groups excluding tert-OH is 1. The van der Waals surface area contributed by atoms with Gasteiger partial charge < -0.3 is 19.8 Å². The van der Waals surface area contributed by atoms with E-state index in [0.717, 1.165) is 11.3 Å². The molecule has 0 bridgehead atoms. The van der Waals surface area contributed by atoms with Gasteiger partial charge in [0.2, 0.25) is 0 Å². The molecule has 1 aromatic carbocycles. The van der Waals surface area contributed by atoms with Gasteiger partial charge in [-0.15, -0.1) is 0 Å². The molecule has 1 atom stereocenters. The Morgan fingerprint density at radius 1 is 1.38 bits per heavy atom. The van der Waals surface area contributed by atoms with Crippen LogP contribution in [-0.2, 0) is 0 Å². The van der Waals surface area contributed by atoms with Gasteiger partial charge in [0.25, 0.3) is 5.91 Å². The van der Waals surface area contributed by atoms with Crippen molar-refractivity contribution in [3.63, 3.8) is 0 Å². The summed E-state index contributed by atoms with van der Waals surface area (Å²) in [4.78, 5) is 13.8. The second-order valence-electron chi connectivity index (χ2n) is 5.03. The van der Waals surface area contributed by atoms with E-state index < -0.39 is 6.10 Å². The van der Waals surface area contributed by atoms with E-state index in [0.29, 0.717) is 5.76 Å². The van der Waals surface area contributed by atoms with Crippen molar-refractivity contribution in [3.8, 4) is 0 Å². The monoisotopic (exact) mass is 289 g/mol. The van der Waals surface area contributed by atoms with E-state index in [4.69, 9.17) is 4.52 Å². The van der Waals surface area contributed by atoms with Crippen molar-refractivity contribution in [3.05, 3.63) is 47.3 Å². The molecule has 0 aliphatic rings. The fraction of sp³-hybridized carbons (Fsp3) is 0.333. The Morgan fingerprint density at radius 3 is 2.57 bits per heavy atom. The number of nitrogens with zero attached hydrogens (tertiary/aromatic N) is 2. The lowest BCUT2D eigenvalue weighted by molar-refractivity contribution is 0.0907. The van der Waals surface area contributed by atoms with Gasteiger partial charge in [-0.25, -0.2) is 0 Å². The first-order valence-corrected chi connectivity index (χ1v) is 6.64. The Kier molecular flexibility index (Phi) is 4.59. The van der Waals surface area contributed by atoms with Crippen LogP contribution < -0.4 is 10.2 Å². The Morgan fingerprint density at radius 2 is 2.05 bits per heavy atom. The van der Waals surface area contributed by atoms with Gasteiger partial charge in [-0.1, -0.05) is 17.3 Å². The topological polar surface area (TPSA) is 78.6 Å². The number of rotatable bonds is 5. The Balaban J connectivity index is 1.92. The maximum Gasteiger partial charge on any atom is 0.273 e. The van der Waals surface area contributed by atoms with Gasteiger partial charge in [-0.05, 0) is 24.6 Å². The second kappa shape index (κ2) is 6.41. The van der Waals surface area contributed by atoms with Crippen molar-refractivity contribution in [2.75, 3.05) is 25.5 Å². The standard InChI is InChI=1S/C15H19N3O3/c1-10-8-13(17-21-10)15(20)16-9-14(19)11-4-6-12(7-5-11)18(2)3/h4-8,14,19H,9H2,1-3H3,(H,16,20)/t14-/m1/s1. The minimum absolute atomic E-state index is 0.117. The number of carbonyl (C=O) groups excluding carboxylic acids is 1. The molecular formula is C15H19N3O3. The lowest BCUT2D eigenvalue weighted by atomic mass is 10.1. The van der Waals surface area contributed by atoms with Crippen molar-refractivity contribution < 1.29 is 14.4 Å². The molecule has 0 spiro atoms. The lowest BCUT2D eigenvalue weighted by Crippen LogP contribution is -2.28. The van der Waals surface area contributed by atoms with E-state index in [-0.39, 0.29) is 18.1 Å². The predicted molar refractivity (Wildman–Crippen MR) is 79.3 cm³/mol. The third-order valence-corrected chi connectivity index (χ3v) is 3.11. The third kappa shape index (κ3) is 3.82. The summed E-state index contributed by atoms with van der Waals surface area (Å²) in [5.41, 5.74) is 2.01. The van der Waals surface area contributed by atoms with Crippen LogP contribution in [-0.4, -0.2) is 36.8 Å². The summed E-state index contributed by atoms with van der Waals surface area (Å²) in [6.45, 7) is 1.83. The number of carbonyl (C=O) groups is 1. The molecule has 1 aromatic heterocycles. The van der Waals surface area contributed by atoms with Crippen LogP contribution in [0.25, 0.3) is 0 Å². The molecule has 0 saturated carbocycles. The molecule has 1 heterocycles. The van der Waals surface area contributed by atoms with Crippen molar-refractivity contribution in [2.24, 2.45) is 0 Å². The first kappa shape index (κ1) is 15.1. The zero-order valence-corrected chi connectivity index (χ0v) is 12.3. The summed E-state index contributed by atoms with van der Waals surface area (Å²) in [6.07, 6.45) is -0.766. The Hall–Kier alpha value is -2.34. The summed E-state index contributed by atoms with van der Waals surface area (Å²) >= 11 is 0. The summed E-state index contributed by atoms with van der Waals surface area (Å²) in [7, 11) is 3.90. The van der Waals surface area contributed by atoms with Gasteiger partial charge in [-0.2, -0.15) is 0 Å². The number of nitrogens with one attached hydrogen (secondary N) is 1. The Bertz CT molecular complexity index is 605. The number of amides is 1. The highest BCUT2D eigenvalue weighted by molar-refractivity contribution is 5.92. The van der Waals surface area contributed by atoms with Crippen LogP contribution in [0.5, 0.6) is 0 Å². The van der Waals surface area contributed by atoms with Crippen LogP contribution in [0.3, 0.4) is 0 Å². The largest absolute Gasteiger partial charge is 0.387 e. The molecule has 0 fully saturated rings. The average Bonchev–Trinajstić information content (AvgIpc) is 2.91. The third-order valence-electron chi connectivity index (χ3n) is 3.11. The number of aromatic nitrogens is 1. The van der Waals surface area contributed by atoms with Crippen LogP contribution in [0.4, 0.5) is 5.69 Å². The summed E-state index contributed by atoms with van der Waals surface area (Å²) in [6, 6.07) is 9.06. The van der Waals surface area contributed by atoms with Gasteiger partial charge in [0.05, 0.1) is 6.10 Å². The molecule has 0 saturated heterocycles. The van der Waals surface area contributed by atoms with E-state index >= 15 is 0 Å². The van der Waals surface area contributed by atoms with Crippen molar-refractivity contribution >= 4 is 11.6 Å². The molecule has 0 aliphatic carbocycles. The summed E-state index contributed by atoms with van der Waals surface area (Å²) < 4.78 is 4.83. The van der Waals surface area contributed by atoms with Gasteiger partial charge in [-0.3, -0.25) is 4.79 Å². The zero-order valence-electron chi connectivity index (χ0n) is 12.3. The zero-order chi connectivity index (χ0) is 15.4. The van der Waals surface area contributed by atoms with Crippen molar-refractivity contribution in [2.45, 2.75) is 13.0 Å². The number of aryl methyl sites for hydroxylation is 1. The summed E-state index contributed by atoms with van der Waals surface area (Å²) in [5.74, 6) is 0.204. The number of hydrogen-bond donors (Lipinski definition) is 2. The minimum atomic E-state index is -0.766. The smallest absolute Gasteiger partial charge is 0.273 e. The second-order valence-corrected chi connectivity index (χ2v) is 5.03. The fourth-order valence-electron chi connectivity index (χ4n) is 1.87. The van der Waals surface area contributed by atoms with Crippen LogP contribution in [0.1, 0.15) is 27.9 Å². The van der Waals surface area contributed by atoms with Gasteiger partial charge in [0.15, 0.2) is 5.69 Å². The molecule has 0 radical (unpaired) electrons. The van der Waals surface area contributed by atoms with E-state index in [1.54, 1.807) is 13.0 Å². The highest BCUT2D eigenvalue weighted by Gasteiger charge is 2.13. The van der Waals surface area contributed by atoms with E-state index in [1.165, 1.54) is 0 Å². The minimum Gasteiger partial charge on any atom is -0.387 e. The quantitative estimate of drug-likeness (QED) is 0.872. The molecule has 2 aromatic rings. The number of benzene rings is 1. The highest BCUT2D eigenvalue weighted by Crippen LogP contribution is 2.17. The molecule has 6 heteroatoms. The Labute approximate surface area is 123 Å². The lowest BCUT2D eigenvalue weighted by Gasteiger charge is -2.15. The van der Waals surface area contributed by atoms with E-state index in [2.05, 4.69) is 10.5 Å². The SMILES string of the molecule is Cc1cc(C(=O)NC[C@@H](O)c2ccc(N(C)C)cc2)no1. The fourth-order valence-corrected chi connectivity index (χ4v) is 1.87. The average molecular weight is 289 g/mol. The van der Waals surface area contributed by atoms with Crippen LogP contribution in [0.15, 0.2) is 34.9 Å². The van der Waals surface area contributed by atoms with Crippen molar-refractivity contribution in [1.82, 2.24) is 10.5 Å². The van der Waals surface area contributed by atoms with E-state index in [1.807, 2.05) is 43.3 Å². The van der Waals surface area contributed by atoms with Gasteiger partial charge in [0, 0.05) is 32.4 Å². The van der Waals surface area contributed by atoms with Gasteiger partial charge >= 0.3 is 0 Å². The first-order chi connectivity index (χ1) is 9.97. The maximum atomic E-state index is 11.8. The number of anilines is 1. The normalized spacial score (nSPS) is 12.0. The molecule has 1 amide bonds. The maximum absolute atomic E-state index is 11.8. The first-order valence-electron chi connectivity index (χ1n) is 6.64. The van der Waals surface area contributed by atoms with Crippen LogP contribution >= 0.6 is 0 Å². The van der Waals surface area contributed by atoms with Crippen LogP contribution in [0, 0.1) is 6.92 Å². The van der Waals surface area contributed by atoms with E-state index in [9.17, 15) is 9.90 Å². The molecule has 2 N–H and O–H groups in total. The molecule has 112 valence electrons.